The highest BCUT2D eigenvalue weighted by Crippen LogP contribution is 2.31. The smallest absolute Gasteiger partial charge is 0.337 e. The van der Waals surface area contributed by atoms with Gasteiger partial charge in [-0.1, -0.05) is 0 Å². The normalized spacial score (nSPS) is 12.0. The fraction of sp³-hybridized carbons (Fsp3) is 0.143. The quantitative estimate of drug-likeness (QED) is 0.731. The van der Waals surface area contributed by atoms with Crippen LogP contribution in [0.2, 0.25) is 0 Å². The number of benzene rings is 1. The largest absolute Gasteiger partial charge is 0.416 e. The van der Waals surface area contributed by atoms with E-state index >= 15 is 0 Å². The number of aromatic amines is 1. The Bertz CT molecular complexity index is 775. The number of H-pyrrole nitrogens is 1. The molecular formula is C14H10F3N3. The van der Waals surface area contributed by atoms with Gasteiger partial charge in [0.2, 0.25) is 0 Å². The zero-order chi connectivity index (χ0) is 14.3. The van der Waals surface area contributed by atoms with E-state index in [9.17, 15) is 13.2 Å². The van der Waals surface area contributed by atoms with Crippen molar-refractivity contribution in [2.75, 3.05) is 0 Å². The molecule has 0 radical (unpaired) electrons. The molecule has 6 heteroatoms. The molecule has 0 unspecified atom stereocenters. The Kier molecular flexibility index (Phi) is 2.74. The maximum absolute atomic E-state index is 12.7. The summed E-state index contributed by atoms with van der Waals surface area (Å²) in [7, 11) is 0. The Balaban J connectivity index is 2.11. The number of hydrogen-bond acceptors (Lipinski definition) is 2. The summed E-state index contributed by atoms with van der Waals surface area (Å²) in [5, 5.41) is 0. The van der Waals surface area contributed by atoms with Crippen LogP contribution in [0.5, 0.6) is 0 Å². The van der Waals surface area contributed by atoms with E-state index < -0.39 is 11.7 Å². The molecule has 0 fully saturated rings. The molecule has 3 rings (SSSR count). The average molecular weight is 277 g/mol. The number of rotatable bonds is 1. The van der Waals surface area contributed by atoms with E-state index in [-0.39, 0.29) is 0 Å². The third-order valence-corrected chi connectivity index (χ3v) is 2.97. The average Bonchev–Trinajstić information content (AvgIpc) is 2.80. The lowest BCUT2D eigenvalue weighted by Gasteiger charge is -2.05. The molecule has 0 spiro atoms. The Morgan fingerprint density at radius 2 is 1.90 bits per heavy atom. The number of pyridine rings is 1. The van der Waals surface area contributed by atoms with Crippen LogP contribution in [0.4, 0.5) is 13.2 Å². The molecule has 1 aromatic carbocycles. The van der Waals surface area contributed by atoms with Gasteiger partial charge in [0.1, 0.15) is 5.69 Å². The van der Waals surface area contributed by atoms with Gasteiger partial charge in [-0.3, -0.25) is 4.98 Å². The van der Waals surface area contributed by atoms with Crippen LogP contribution in [0.3, 0.4) is 0 Å². The molecule has 0 amide bonds. The lowest BCUT2D eigenvalue weighted by Crippen LogP contribution is -2.04. The van der Waals surface area contributed by atoms with Crippen molar-refractivity contribution in [2.24, 2.45) is 0 Å². The van der Waals surface area contributed by atoms with Gasteiger partial charge in [0.05, 0.1) is 16.6 Å². The van der Waals surface area contributed by atoms with Crippen molar-refractivity contribution in [3.63, 3.8) is 0 Å². The second-order valence-corrected chi connectivity index (χ2v) is 4.53. The van der Waals surface area contributed by atoms with E-state index in [2.05, 4.69) is 15.0 Å². The second-order valence-electron chi connectivity index (χ2n) is 4.53. The number of alkyl halides is 3. The lowest BCUT2D eigenvalue weighted by atomic mass is 10.2. The van der Waals surface area contributed by atoms with Gasteiger partial charge in [-0.15, -0.1) is 0 Å². The maximum Gasteiger partial charge on any atom is 0.416 e. The van der Waals surface area contributed by atoms with Crippen LogP contribution in [0.25, 0.3) is 22.6 Å². The van der Waals surface area contributed by atoms with Gasteiger partial charge >= 0.3 is 6.18 Å². The first-order chi connectivity index (χ1) is 9.43. The van der Waals surface area contributed by atoms with Crippen LogP contribution < -0.4 is 0 Å². The van der Waals surface area contributed by atoms with Gasteiger partial charge in [0.25, 0.3) is 0 Å². The predicted molar refractivity (Wildman–Crippen MR) is 69.1 cm³/mol. The number of fused-ring (bicyclic) bond motifs is 1. The van der Waals surface area contributed by atoms with E-state index in [1.54, 1.807) is 6.20 Å². The van der Waals surface area contributed by atoms with Gasteiger partial charge in [-0.2, -0.15) is 13.2 Å². The summed E-state index contributed by atoms with van der Waals surface area (Å²) in [6, 6.07) is 7.10. The Morgan fingerprint density at radius 3 is 2.60 bits per heavy atom. The number of nitrogens with zero attached hydrogens (tertiary/aromatic N) is 2. The van der Waals surface area contributed by atoms with E-state index in [0.717, 1.165) is 17.7 Å². The number of aromatic nitrogens is 3. The first-order valence-corrected chi connectivity index (χ1v) is 5.93. The molecule has 1 N–H and O–H groups in total. The Morgan fingerprint density at radius 1 is 1.10 bits per heavy atom. The molecule has 0 atom stereocenters. The van der Waals surface area contributed by atoms with Crippen LogP contribution in [-0.4, -0.2) is 15.0 Å². The molecule has 3 nitrogen and oxygen atoms in total. The van der Waals surface area contributed by atoms with E-state index in [1.807, 2.05) is 19.1 Å². The first kappa shape index (κ1) is 12.7. The Hall–Kier alpha value is -2.37. The minimum absolute atomic E-state index is 0.345. The minimum Gasteiger partial charge on any atom is -0.337 e. The number of imidazole rings is 1. The number of aryl methyl sites for hydroxylation is 1. The maximum atomic E-state index is 12.7. The van der Waals surface area contributed by atoms with Crippen molar-refractivity contribution in [3.8, 4) is 11.5 Å². The van der Waals surface area contributed by atoms with Crippen LogP contribution in [-0.2, 0) is 6.18 Å². The van der Waals surface area contributed by atoms with Gasteiger partial charge < -0.3 is 4.98 Å². The molecule has 0 aliphatic heterocycles. The molecule has 2 heterocycles. The van der Waals surface area contributed by atoms with Crippen molar-refractivity contribution < 1.29 is 13.2 Å². The fourth-order valence-corrected chi connectivity index (χ4v) is 1.97. The molecule has 0 saturated heterocycles. The molecule has 0 bridgehead atoms. The first-order valence-electron chi connectivity index (χ1n) is 5.93. The van der Waals surface area contributed by atoms with Gasteiger partial charge in [-0.05, 0) is 42.8 Å². The van der Waals surface area contributed by atoms with Gasteiger partial charge in [0, 0.05) is 6.20 Å². The zero-order valence-electron chi connectivity index (χ0n) is 10.5. The topological polar surface area (TPSA) is 41.6 Å². The monoisotopic (exact) mass is 277 g/mol. The van der Waals surface area contributed by atoms with Gasteiger partial charge in [-0.25, -0.2) is 4.98 Å². The van der Waals surface area contributed by atoms with Crippen molar-refractivity contribution in [2.45, 2.75) is 13.1 Å². The van der Waals surface area contributed by atoms with E-state index in [4.69, 9.17) is 0 Å². The van der Waals surface area contributed by atoms with Crippen molar-refractivity contribution in [3.05, 3.63) is 47.7 Å². The van der Waals surface area contributed by atoms with Crippen molar-refractivity contribution in [1.82, 2.24) is 15.0 Å². The molecule has 0 aliphatic rings. The molecule has 0 aliphatic carbocycles. The third kappa shape index (κ3) is 2.24. The number of nitrogens with one attached hydrogen (secondary N) is 1. The highest BCUT2D eigenvalue weighted by atomic mass is 19.4. The molecule has 2 aromatic heterocycles. The van der Waals surface area contributed by atoms with Crippen LogP contribution in [0.15, 0.2) is 36.5 Å². The third-order valence-electron chi connectivity index (χ3n) is 2.97. The summed E-state index contributed by atoms with van der Waals surface area (Å²) < 4.78 is 38.0. The molecular weight excluding hydrogens is 267 g/mol. The summed E-state index contributed by atoms with van der Waals surface area (Å²) in [5.74, 6) is 0.461. The van der Waals surface area contributed by atoms with Crippen LogP contribution >= 0.6 is 0 Å². The highest BCUT2D eigenvalue weighted by molar-refractivity contribution is 5.79. The summed E-state index contributed by atoms with van der Waals surface area (Å²) in [6.07, 6.45) is -2.72. The van der Waals surface area contributed by atoms with Crippen LogP contribution in [0, 0.1) is 6.92 Å². The molecule has 102 valence electrons. The zero-order valence-corrected chi connectivity index (χ0v) is 10.5. The lowest BCUT2D eigenvalue weighted by molar-refractivity contribution is -0.137. The Labute approximate surface area is 112 Å². The molecule has 3 aromatic rings. The summed E-state index contributed by atoms with van der Waals surface area (Å²) >= 11 is 0. The van der Waals surface area contributed by atoms with Crippen LogP contribution in [0.1, 0.15) is 11.1 Å². The van der Waals surface area contributed by atoms with Crippen molar-refractivity contribution in [1.29, 1.82) is 0 Å². The van der Waals surface area contributed by atoms with Crippen molar-refractivity contribution >= 4 is 11.0 Å². The molecule has 20 heavy (non-hydrogen) atoms. The standard InChI is InChI=1S/C14H10F3N3/c1-8-4-5-18-12(6-8)13-19-10-3-2-9(14(15,16)17)7-11(10)20-13/h2-7H,1H3,(H,19,20). The van der Waals surface area contributed by atoms with E-state index in [1.165, 1.54) is 6.07 Å². The fourth-order valence-electron chi connectivity index (χ4n) is 1.97. The summed E-state index contributed by atoms with van der Waals surface area (Å²) in [4.78, 5) is 11.3. The second kappa shape index (κ2) is 4.33. The summed E-state index contributed by atoms with van der Waals surface area (Å²) in [6.45, 7) is 1.91. The highest BCUT2D eigenvalue weighted by Gasteiger charge is 2.30. The predicted octanol–water partition coefficient (Wildman–Crippen LogP) is 3.95. The SMILES string of the molecule is Cc1ccnc(-c2nc3ccc(C(F)(F)F)cc3[nH]2)c1. The number of hydrogen-bond donors (Lipinski definition) is 1. The van der Waals surface area contributed by atoms with Gasteiger partial charge in [0.15, 0.2) is 5.82 Å². The molecule has 0 saturated carbocycles. The minimum atomic E-state index is -4.36. The summed E-state index contributed by atoms with van der Waals surface area (Å²) in [5.41, 5.74) is 1.74. The number of halogens is 3. The van der Waals surface area contributed by atoms with E-state index in [0.29, 0.717) is 22.6 Å².